The Bertz CT molecular complexity index is 554. The predicted octanol–water partition coefficient (Wildman–Crippen LogP) is 4.46. The predicted molar refractivity (Wildman–Crippen MR) is 111 cm³/mol. The summed E-state index contributed by atoms with van der Waals surface area (Å²) < 4.78 is 10.1. The van der Waals surface area contributed by atoms with Crippen molar-refractivity contribution in [3.8, 4) is 6.07 Å². The van der Waals surface area contributed by atoms with Crippen molar-refractivity contribution in [3.05, 3.63) is 12.2 Å². The van der Waals surface area contributed by atoms with Crippen LogP contribution in [0.3, 0.4) is 0 Å². The second-order valence-corrected chi connectivity index (χ2v) is 7.94. The number of methoxy groups -OCH3 is 1. The fourth-order valence-corrected chi connectivity index (χ4v) is 4.05. The summed E-state index contributed by atoms with van der Waals surface area (Å²) in [6.45, 7) is 1.42. The molecule has 1 saturated carbocycles. The highest BCUT2D eigenvalue weighted by molar-refractivity contribution is 5.69. The number of hydrogen-bond donors (Lipinski definition) is 1. The lowest BCUT2D eigenvalue weighted by atomic mass is 9.88. The monoisotopic (exact) mass is 407 g/mol. The molecule has 6 nitrogen and oxygen atoms in total. The third-order valence-corrected chi connectivity index (χ3v) is 5.65. The fourth-order valence-electron chi connectivity index (χ4n) is 4.05. The van der Waals surface area contributed by atoms with Crippen LogP contribution in [0.4, 0.5) is 0 Å². The molecule has 6 heteroatoms. The van der Waals surface area contributed by atoms with E-state index >= 15 is 0 Å². The minimum atomic E-state index is -0.289. The van der Waals surface area contributed by atoms with Crippen molar-refractivity contribution in [3.63, 3.8) is 0 Å². The first-order valence-corrected chi connectivity index (χ1v) is 10.9. The van der Waals surface area contributed by atoms with Crippen LogP contribution in [0.2, 0.25) is 0 Å². The molecule has 0 aromatic rings. The summed E-state index contributed by atoms with van der Waals surface area (Å²) in [5, 5.41) is 19.0. The third-order valence-electron chi connectivity index (χ3n) is 5.65. The average molecular weight is 408 g/mol. The zero-order chi connectivity index (χ0) is 21.5. The molecule has 1 aliphatic carbocycles. The smallest absolute Gasteiger partial charge is 0.305 e. The lowest BCUT2D eigenvalue weighted by molar-refractivity contribution is -0.144. The van der Waals surface area contributed by atoms with Gasteiger partial charge in [0.25, 0.3) is 0 Å². The first-order chi connectivity index (χ1) is 14.0. The second kappa shape index (κ2) is 15.0. The quantitative estimate of drug-likeness (QED) is 0.259. The molecule has 0 amide bonds. The van der Waals surface area contributed by atoms with Gasteiger partial charge < -0.3 is 14.6 Å². The van der Waals surface area contributed by atoms with Gasteiger partial charge in [0, 0.05) is 19.8 Å². The van der Waals surface area contributed by atoms with Gasteiger partial charge in [-0.1, -0.05) is 25.3 Å². The summed E-state index contributed by atoms with van der Waals surface area (Å²) >= 11 is 0. The van der Waals surface area contributed by atoms with Gasteiger partial charge in [-0.05, 0) is 62.9 Å². The lowest BCUT2D eigenvalue weighted by Gasteiger charge is -2.20. The Morgan fingerprint density at radius 1 is 1.17 bits per heavy atom. The van der Waals surface area contributed by atoms with E-state index in [2.05, 4.69) is 16.9 Å². The Morgan fingerprint density at radius 2 is 1.93 bits per heavy atom. The van der Waals surface area contributed by atoms with Gasteiger partial charge >= 0.3 is 11.9 Å². The molecule has 0 aliphatic heterocycles. The summed E-state index contributed by atoms with van der Waals surface area (Å²) in [7, 11) is 1.41. The maximum Gasteiger partial charge on any atom is 0.305 e. The number of nitrogens with zero attached hydrogens (tertiary/aromatic N) is 1. The lowest BCUT2D eigenvalue weighted by Crippen LogP contribution is -2.19. The van der Waals surface area contributed by atoms with E-state index in [0.29, 0.717) is 18.8 Å². The molecule has 0 bridgehead atoms. The van der Waals surface area contributed by atoms with Gasteiger partial charge in [0.05, 0.1) is 19.3 Å². The molecule has 0 saturated heterocycles. The van der Waals surface area contributed by atoms with Crippen molar-refractivity contribution >= 4 is 11.9 Å². The van der Waals surface area contributed by atoms with E-state index in [1.54, 1.807) is 0 Å². The van der Waals surface area contributed by atoms with E-state index in [-0.39, 0.29) is 30.1 Å². The van der Waals surface area contributed by atoms with E-state index in [0.717, 1.165) is 64.2 Å². The van der Waals surface area contributed by atoms with Crippen molar-refractivity contribution < 1.29 is 24.2 Å². The number of esters is 2. The molecule has 0 aromatic heterocycles. The highest BCUT2D eigenvalue weighted by atomic mass is 16.5. The number of carbonyl (C=O) groups is 2. The highest BCUT2D eigenvalue weighted by Gasteiger charge is 2.32. The van der Waals surface area contributed by atoms with Crippen LogP contribution >= 0.6 is 0 Å². The van der Waals surface area contributed by atoms with Crippen LogP contribution in [0, 0.1) is 23.2 Å². The molecule has 0 radical (unpaired) electrons. The summed E-state index contributed by atoms with van der Waals surface area (Å²) in [4.78, 5) is 22.6. The second-order valence-electron chi connectivity index (χ2n) is 7.94. The van der Waals surface area contributed by atoms with Crippen molar-refractivity contribution in [1.82, 2.24) is 0 Å². The maximum absolute atomic E-state index is 11.4. The van der Waals surface area contributed by atoms with Gasteiger partial charge in [-0.15, -0.1) is 0 Å². The Hall–Kier alpha value is -1.87. The molecule has 164 valence electrons. The number of allylic oxidation sites excluding steroid dienone is 1. The van der Waals surface area contributed by atoms with Gasteiger partial charge in [-0.3, -0.25) is 9.59 Å². The topological polar surface area (TPSA) is 96.6 Å². The molecular formula is C23H37NO5. The Morgan fingerprint density at radius 3 is 2.62 bits per heavy atom. The van der Waals surface area contributed by atoms with Crippen molar-refractivity contribution in [2.75, 3.05) is 7.11 Å². The van der Waals surface area contributed by atoms with E-state index < -0.39 is 0 Å². The van der Waals surface area contributed by atoms with Crippen LogP contribution in [-0.2, 0) is 19.1 Å². The number of unbranched alkanes of at least 4 members (excludes halogenated alkanes) is 5. The zero-order valence-corrected chi connectivity index (χ0v) is 18.0. The number of rotatable bonds is 14. The third kappa shape index (κ3) is 11.0. The molecule has 1 rings (SSSR count). The van der Waals surface area contributed by atoms with Crippen molar-refractivity contribution in [2.45, 2.75) is 96.2 Å². The standard InChI is InChI=1S/C23H37NO5/c1-18(25)29-20(10-6-3-4-9-17-24)15-13-19-14-16-22(26)21(19)11-7-5-8-12-23(27)28-2/h13,15,19-22,26H,3-12,14,16H2,1-2H3. The highest BCUT2D eigenvalue weighted by Crippen LogP contribution is 2.37. The van der Waals surface area contributed by atoms with Gasteiger partial charge in [0.2, 0.25) is 0 Å². The van der Waals surface area contributed by atoms with E-state index in [4.69, 9.17) is 10.00 Å². The number of aliphatic hydroxyl groups is 1. The van der Waals surface area contributed by atoms with Gasteiger partial charge in [0.1, 0.15) is 6.10 Å². The number of nitriles is 1. The molecular weight excluding hydrogens is 370 g/mol. The van der Waals surface area contributed by atoms with Crippen LogP contribution < -0.4 is 0 Å². The first-order valence-electron chi connectivity index (χ1n) is 10.9. The SMILES string of the molecule is COC(=O)CCCCCC1C(O)CCC1C=CC(CCCCCC#N)OC(C)=O. The number of aliphatic hydroxyl groups excluding tert-OH is 1. The van der Waals surface area contributed by atoms with Crippen LogP contribution in [0.1, 0.15) is 84.0 Å². The van der Waals surface area contributed by atoms with E-state index in [1.807, 2.05) is 6.08 Å². The summed E-state index contributed by atoms with van der Waals surface area (Å²) in [6.07, 6.45) is 13.5. The Labute approximate surface area is 175 Å². The largest absolute Gasteiger partial charge is 0.469 e. The molecule has 1 N–H and O–H groups in total. The Kier molecular flexibility index (Phi) is 13.0. The van der Waals surface area contributed by atoms with Crippen LogP contribution in [0.25, 0.3) is 0 Å². The Balaban J connectivity index is 2.47. The van der Waals surface area contributed by atoms with Gasteiger partial charge in [-0.25, -0.2) is 0 Å². The average Bonchev–Trinajstić information content (AvgIpc) is 3.04. The molecule has 1 fully saturated rings. The minimum absolute atomic E-state index is 0.171. The van der Waals surface area contributed by atoms with E-state index in [9.17, 15) is 14.7 Å². The van der Waals surface area contributed by atoms with E-state index in [1.165, 1.54) is 14.0 Å². The molecule has 29 heavy (non-hydrogen) atoms. The molecule has 4 atom stereocenters. The fraction of sp³-hybridized carbons (Fsp3) is 0.783. The molecule has 0 spiro atoms. The molecule has 4 unspecified atom stereocenters. The van der Waals surface area contributed by atoms with Crippen LogP contribution in [0.15, 0.2) is 12.2 Å². The summed E-state index contributed by atoms with van der Waals surface area (Å²) in [5.41, 5.74) is 0. The number of hydrogen-bond acceptors (Lipinski definition) is 6. The number of carbonyl (C=O) groups excluding carboxylic acids is 2. The molecule has 0 aromatic carbocycles. The zero-order valence-electron chi connectivity index (χ0n) is 18.0. The van der Waals surface area contributed by atoms with Crippen molar-refractivity contribution in [1.29, 1.82) is 5.26 Å². The minimum Gasteiger partial charge on any atom is -0.469 e. The van der Waals surface area contributed by atoms with Gasteiger partial charge in [0.15, 0.2) is 0 Å². The normalized spacial score (nSPS) is 22.3. The summed E-state index contributed by atoms with van der Waals surface area (Å²) in [5.74, 6) is 0.0568. The van der Waals surface area contributed by atoms with Crippen LogP contribution in [0.5, 0.6) is 0 Å². The molecule has 1 aliphatic rings. The van der Waals surface area contributed by atoms with Gasteiger partial charge in [-0.2, -0.15) is 5.26 Å². The first kappa shape index (κ1) is 25.2. The summed E-state index contributed by atoms with van der Waals surface area (Å²) in [6, 6.07) is 2.15. The maximum atomic E-state index is 11.4. The van der Waals surface area contributed by atoms with Crippen molar-refractivity contribution in [2.24, 2.45) is 11.8 Å². The molecule has 0 heterocycles. The number of ether oxygens (including phenoxy) is 2. The van der Waals surface area contributed by atoms with Crippen LogP contribution in [-0.4, -0.2) is 36.4 Å².